The summed E-state index contributed by atoms with van der Waals surface area (Å²) in [6.45, 7) is 9.22. The van der Waals surface area contributed by atoms with E-state index < -0.39 is 0 Å². The fraction of sp³-hybridized carbons (Fsp3) is 0.581. The highest BCUT2D eigenvalue weighted by Crippen LogP contribution is 2.49. The van der Waals surface area contributed by atoms with Crippen LogP contribution in [-0.2, 0) is 16.1 Å². The van der Waals surface area contributed by atoms with Crippen LogP contribution in [-0.4, -0.2) is 84.2 Å². The smallest absolute Gasteiger partial charge is 0.234 e. The quantitative estimate of drug-likeness (QED) is 0.574. The molecule has 210 valence electrons. The molecule has 4 aliphatic heterocycles. The number of hydrogen-bond donors (Lipinski definition) is 1. The second-order valence-corrected chi connectivity index (χ2v) is 11.6. The Morgan fingerprint density at radius 1 is 1.10 bits per heavy atom. The standard InChI is InChI=1S/C31H38N6O3/c1-2-3-4-28(38)36-11-8-23(9-12-36)37-18-22(19-37)25-17-26-30(29(33-25)21-5-6-21)40-20-24-27(7-10-32-31(24)34-26)35-13-15-39-16-14-35/h7,10,17,21-23H,4-6,8-9,11-16,18-20H2,1H3,(H,32,34). The summed E-state index contributed by atoms with van der Waals surface area (Å²) in [5.74, 6) is 8.58. The highest BCUT2D eigenvalue weighted by atomic mass is 16.5. The van der Waals surface area contributed by atoms with Gasteiger partial charge in [-0.3, -0.25) is 14.7 Å². The number of rotatable bonds is 5. The second-order valence-electron chi connectivity index (χ2n) is 11.6. The molecule has 1 amide bonds. The first-order valence-corrected chi connectivity index (χ1v) is 14.8. The molecule has 1 saturated carbocycles. The van der Waals surface area contributed by atoms with Gasteiger partial charge in [-0.1, -0.05) is 5.92 Å². The summed E-state index contributed by atoms with van der Waals surface area (Å²) in [6, 6.07) is 4.84. The number of morpholine rings is 1. The summed E-state index contributed by atoms with van der Waals surface area (Å²) in [5.41, 5.74) is 5.55. The minimum absolute atomic E-state index is 0.166. The molecule has 2 aromatic rings. The summed E-state index contributed by atoms with van der Waals surface area (Å²) >= 11 is 0. The highest BCUT2D eigenvalue weighted by Gasteiger charge is 2.39. The van der Waals surface area contributed by atoms with Crippen LogP contribution in [0.25, 0.3) is 0 Å². The largest absolute Gasteiger partial charge is 0.485 e. The van der Waals surface area contributed by atoms with E-state index in [0.717, 1.165) is 99.5 Å². The molecule has 1 aliphatic carbocycles. The Balaban J connectivity index is 1.06. The summed E-state index contributed by atoms with van der Waals surface area (Å²) < 4.78 is 12.1. The van der Waals surface area contributed by atoms with Crippen LogP contribution < -0.4 is 15.0 Å². The molecule has 4 fully saturated rings. The molecule has 40 heavy (non-hydrogen) atoms. The van der Waals surface area contributed by atoms with Gasteiger partial charge in [-0.05, 0) is 44.7 Å². The molecule has 3 saturated heterocycles. The van der Waals surface area contributed by atoms with Crippen molar-refractivity contribution >= 4 is 23.1 Å². The molecule has 0 bridgehead atoms. The molecule has 5 aliphatic rings. The molecule has 0 radical (unpaired) electrons. The number of carbonyl (C=O) groups is 1. The summed E-state index contributed by atoms with van der Waals surface area (Å²) in [5, 5.41) is 3.66. The number of nitrogens with zero attached hydrogens (tertiary/aromatic N) is 5. The minimum Gasteiger partial charge on any atom is -0.485 e. The monoisotopic (exact) mass is 542 g/mol. The Labute approximate surface area is 236 Å². The maximum absolute atomic E-state index is 12.3. The Kier molecular flexibility index (Phi) is 6.98. The third-order valence-electron chi connectivity index (χ3n) is 9.06. The van der Waals surface area contributed by atoms with Gasteiger partial charge in [-0.25, -0.2) is 4.98 Å². The van der Waals surface area contributed by atoms with Gasteiger partial charge in [0, 0.05) is 74.7 Å². The predicted octanol–water partition coefficient (Wildman–Crippen LogP) is 3.63. The third kappa shape index (κ3) is 4.99. The zero-order chi connectivity index (χ0) is 27.1. The van der Waals surface area contributed by atoms with Crippen LogP contribution in [0.2, 0.25) is 0 Å². The maximum Gasteiger partial charge on any atom is 0.234 e. The summed E-state index contributed by atoms with van der Waals surface area (Å²) in [4.78, 5) is 29.2. The number of amides is 1. The first kappa shape index (κ1) is 25.6. The number of nitrogens with one attached hydrogen (secondary N) is 1. The van der Waals surface area contributed by atoms with Crippen molar-refractivity contribution in [1.82, 2.24) is 19.8 Å². The maximum atomic E-state index is 12.3. The molecule has 0 aromatic carbocycles. The van der Waals surface area contributed by atoms with Crippen molar-refractivity contribution in [3.63, 3.8) is 0 Å². The fourth-order valence-corrected chi connectivity index (χ4v) is 6.52. The number of piperidine rings is 1. The fourth-order valence-electron chi connectivity index (χ4n) is 6.52. The van der Waals surface area contributed by atoms with E-state index in [1.807, 2.05) is 11.1 Å². The van der Waals surface area contributed by atoms with Gasteiger partial charge in [0.05, 0.1) is 36.6 Å². The second kappa shape index (κ2) is 10.9. The lowest BCUT2D eigenvalue weighted by atomic mass is 9.90. The van der Waals surface area contributed by atoms with Gasteiger partial charge < -0.3 is 24.6 Å². The Morgan fingerprint density at radius 2 is 1.90 bits per heavy atom. The van der Waals surface area contributed by atoms with E-state index >= 15 is 0 Å². The number of aromatic nitrogens is 2. The van der Waals surface area contributed by atoms with Gasteiger partial charge in [0.15, 0.2) is 5.75 Å². The van der Waals surface area contributed by atoms with Crippen LogP contribution in [0, 0.1) is 11.8 Å². The molecular formula is C31H38N6O3. The zero-order valence-electron chi connectivity index (χ0n) is 23.3. The Bertz CT molecular complexity index is 1330. The van der Waals surface area contributed by atoms with Gasteiger partial charge in [0.1, 0.15) is 12.4 Å². The molecule has 7 rings (SSSR count). The Morgan fingerprint density at radius 3 is 2.65 bits per heavy atom. The number of anilines is 3. The number of carbonyl (C=O) groups excluding carboxylic acids is 1. The van der Waals surface area contributed by atoms with Crippen LogP contribution in [0.4, 0.5) is 17.2 Å². The van der Waals surface area contributed by atoms with Crippen molar-refractivity contribution in [2.45, 2.75) is 63.5 Å². The first-order valence-electron chi connectivity index (χ1n) is 14.8. The SMILES string of the molecule is CC#CCC(=O)N1CCC(N2CC(c3cc4c(c(C5CC5)n3)OCc3c(N5CCOCC5)ccnc3N4)C2)CC1. The lowest BCUT2D eigenvalue weighted by Crippen LogP contribution is -2.54. The lowest BCUT2D eigenvalue weighted by Gasteiger charge is -2.47. The first-order chi connectivity index (χ1) is 19.7. The number of pyridine rings is 2. The van der Waals surface area contributed by atoms with Crippen LogP contribution in [0.1, 0.15) is 67.8 Å². The van der Waals surface area contributed by atoms with Crippen molar-refractivity contribution < 1.29 is 14.3 Å². The van der Waals surface area contributed by atoms with Crippen molar-refractivity contribution in [3.8, 4) is 17.6 Å². The molecule has 6 heterocycles. The number of hydrogen-bond acceptors (Lipinski definition) is 8. The van der Waals surface area contributed by atoms with Gasteiger partial charge >= 0.3 is 0 Å². The van der Waals surface area contributed by atoms with E-state index in [4.69, 9.17) is 19.4 Å². The molecule has 2 aromatic heterocycles. The van der Waals surface area contributed by atoms with Crippen LogP contribution in [0.15, 0.2) is 18.3 Å². The van der Waals surface area contributed by atoms with Gasteiger partial charge in [0.25, 0.3) is 0 Å². The van der Waals surface area contributed by atoms with E-state index in [1.165, 1.54) is 18.5 Å². The summed E-state index contributed by atoms with van der Waals surface area (Å²) in [6.07, 6.45) is 6.65. The number of fused-ring (bicyclic) bond motifs is 2. The zero-order valence-corrected chi connectivity index (χ0v) is 23.3. The van der Waals surface area contributed by atoms with E-state index in [1.54, 1.807) is 6.92 Å². The molecule has 0 atom stereocenters. The third-order valence-corrected chi connectivity index (χ3v) is 9.06. The topological polar surface area (TPSA) is 83.1 Å². The summed E-state index contributed by atoms with van der Waals surface area (Å²) in [7, 11) is 0. The molecular weight excluding hydrogens is 504 g/mol. The average Bonchev–Trinajstić information content (AvgIpc) is 3.82. The normalized spacial score (nSPS) is 21.6. The molecule has 9 heteroatoms. The minimum atomic E-state index is 0.166. The predicted molar refractivity (Wildman–Crippen MR) is 153 cm³/mol. The molecule has 1 N–H and O–H groups in total. The highest BCUT2D eigenvalue weighted by molar-refractivity contribution is 5.78. The van der Waals surface area contributed by atoms with Crippen LogP contribution in [0.5, 0.6) is 5.75 Å². The lowest BCUT2D eigenvalue weighted by molar-refractivity contribution is -0.132. The van der Waals surface area contributed by atoms with Crippen molar-refractivity contribution in [2.75, 3.05) is 62.7 Å². The van der Waals surface area contributed by atoms with E-state index in [2.05, 4.69) is 39.1 Å². The van der Waals surface area contributed by atoms with E-state index in [-0.39, 0.29) is 5.91 Å². The van der Waals surface area contributed by atoms with Gasteiger partial charge in [0.2, 0.25) is 5.91 Å². The van der Waals surface area contributed by atoms with Gasteiger partial charge in [-0.15, -0.1) is 5.92 Å². The Hall–Kier alpha value is -3.35. The van der Waals surface area contributed by atoms with Crippen molar-refractivity contribution in [1.29, 1.82) is 0 Å². The van der Waals surface area contributed by atoms with Gasteiger partial charge in [-0.2, -0.15) is 0 Å². The average molecular weight is 543 g/mol. The van der Waals surface area contributed by atoms with Crippen LogP contribution in [0.3, 0.4) is 0 Å². The number of ether oxygens (including phenoxy) is 2. The molecule has 9 nitrogen and oxygen atoms in total. The van der Waals surface area contributed by atoms with Crippen molar-refractivity contribution in [2.24, 2.45) is 0 Å². The number of likely N-dealkylation sites (tertiary alicyclic amines) is 2. The van der Waals surface area contributed by atoms with Crippen molar-refractivity contribution in [3.05, 3.63) is 35.3 Å². The van der Waals surface area contributed by atoms with E-state index in [9.17, 15) is 4.79 Å². The van der Waals surface area contributed by atoms with Crippen LogP contribution >= 0.6 is 0 Å². The molecule has 0 unspecified atom stereocenters. The molecule has 0 spiro atoms. The van der Waals surface area contributed by atoms with E-state index in [0.29, 0.717) is 30.9 Å².